The van der Waals surface area contributed by atoms with Gasteiger partial charge in [-0.15, -0.1) is 0 Å². The molecule has 6 N–H and O–H groups in total. The first-order chi connectivity index (χ1) is 8.90. The van der Waals surface area contributed by atoms with Gasteiger partial charge in [-0.25, -0.2) is 4.79 Å². The number of quaternary nitrogens is 1. The van der Waals surface area contributed by atoms with Crippen molar-refractivity contribution in [2.75, 3.05) is 0 Å². The Kier molecular flexibility index (Phi) is 5.01. The highest BCUT2D eigenvalue weighted by Crippen LogP contribution is 2.06. The van der Waals surface area contributed by atoms with Crippen LogP contribution in [0.1, 0.15) is 23.2 Å². The Morgan fingerprint density at radius 1 is 1.16 bits per heavy atom. The molecule has 0 radical (unpaired) electrons. The molecule has 0 saturated heterocycles. The number of amides is 1. The maximum Gasteiger partial charge on any atom is 0.326 e. The second-order valence-electron chi connectivity index (χ2n) is 3.99. The number of carboxylic acid groups (broad SMARTS) is 2. The van der Waals surface area contributed by atoms with E-state index in [1.807, 2.05) is 0 Å². The first-order valence-corrected chi connectivity index (χ1v) is 5.57. The molecule has 1 unspecified atom stereocenters. The Hall–Kier alpha value is -2.41. The lowest BCUT2D eigenvalue weighted by molar-refractivity contribution is -0.254. The summed E-state index contributed by atoms with van der Waals surface area (Å²) < 4.78 is 0. The number of carboxylic acids is 2. The molecule has 0 aromatic heterocycles. The summed E-state index contributed by atoms with van der Waals surface area (Å²) in [4.78, 5) is 33.1. The van der Waals surface area contributed by atoms with Crippen LogP contribution in [-0.2, 0) is 9.59 Å². The van der Waals surface area contributed by atoms with E-state index in [0.717, 1.165) is 5.69 Å². The van der Waals surface area contributed by atoms with Gasteiger partial charge in [0.2, 0.25) is 0 Å². The summed E-state index contributed by atoms with van der Waals surface area (Å²) in [5.41, 5.74) is 4.70. The monoisotopic (exact) mass is 267 g/mol. The number of rotatable bonds is 6. The fourth-order valence-corrected chi connectivity index (χ4v) is 1.42. The molecule has 1 aromatic carbocycles. The third-order valence-electron chi connectivity index (χ3n) is 2.47. The summed E-state index contributed by atoms with van der Waals surface area (Å²) in [6.45, 7) is 0. The van der Waals surface area contributed by atoms with Gasteiger partial charge in [0.25, 0.3) is 5.91 Å². The minimum absolute atomic E-state index is 0.163. The van der Waals surface area contributed by atoms with Crippen molar-refractivity contribution in [3.05, 3.63) is 29.8 Å². The predicted molar refractivity (Wildman–Crippen MR) is 64.7 cm³/mol. The summed E-state index contributed by atoms with van der Waals surface area (Å²) in [6, 6.07) is 5.08. The maximum absolute atomic E-state index is 11.8. The molecule has 0 aliphatic carbocycles. The van der Waals surface area contributed by atoms with E-state index in [2.05, 4.69) is 11.1 Å². The number of carbonyl (C=O) groups excluding carboxylic acids is 1. The van der Waals surface area contributed by atoms with Gasteiger partial charge in [-0.3, -0.25) is 9.59 Å². The molecule has 0 heterocycles. The van der Waals surface area contributed by atoms with Gasteiger partial charge in [-0.05, 0) is 30.7 Å². The highest BCUT2D eigenvalue weighted by atomic mass is 16.4. The zero-order valence-corrected chi connectivity index (χ0v) is 10.1. The molecule has 0 fully saturated rings. The summed E-state index contributed by atoms with van der Waals surface area (Å²) in [5.74, 6) is -2.93. The highest BCUT2D eigenvalue weighted by Gasteiger charge is 2.21. The lowest BCUT2D eigenvalue weighted by Crippen LogP contribution is -2.41. The zero-order valence-electron chi connectivity index (χ0n) is 10.1. The third kappa shape index (κ3) is 4.76. The molecule has 0 aliphatic rings. The Bertz CT molecular complexity index is 483. The van der Waals surface area contributed by atoms with Crippen molar-refractivity contribution in [2.24, 2.45) is 0 Å². The number of hydrogen-bond donors (Lipinski definition) is 4. The fourth-order valence-electron chi connectivity index (χ4n) is 1.42. The number of hydrogen-bond acceptors (Lipinski definition) is 3. The van der Waals surface area contributed by atoms with Gasteiger partial charge in [0.05, 0.1) is 0 Å². The molecule has 7 heteroatoms. The molecule has 1 amide bonds. The highest BCUT2D eigenvalue weighted by molar-refractivity contribution is 5.96. The topological polar surface area (TPSA) is 131 Å². The van der Waals surface area contributed by atoms with Crippen LogP contribution >= 0.6 is 0 Å². The second-order valence-corrected chi connectivity index (χ2v) is 3.99. The lowest BCUT2D eigenvalue weighted by Gasteiger charge is -2.13. The first-order valence-electron chi connectivity index (χ1n) is 5.57. The standard InChI is InChI=1S/C12H14N2O5/c13-8-3-1-7(2-4-8)11(17)14-9(12(18)19)5-6-10(15)16/h1-4,9H,5-6,13H2,(H,14,17)(H,15,16)(H,18,19)/p+1. The Balaban J connectivity index is 2.68. The molecule has 7 nitrogen and oxygen atoms in total. The smallest absolute Gasteiger partial charge is 0.326 e. The molecule has 0 spiro atoms. The molecular formula is C12H15N2O5+. The van der Waals surface area contributed by atoms with Gasteiger partial charge in [0.15, 0.2) is 0 Å². The van der Waals surface area contributed by atoms with Gasteiger partial charge < -0.3 is 21.3 Å². The summed E-state index contributed by atoms with van der Waals surface area (Å²) >= 11 is 0. The predicted octanol–water partition coefficient (Wildman–Crippen LogP) is -0.392. The van der Waals surface area contributed by atoms with E-state index in [9.17, 15) is 14.4 Å². The number of benzene rings is 1. The largest absolute Gasteiger partial charge is 0.481 e. The summed E-state index contributed by atoms with van der Waals surface area (Å²) in [5, 5.41) is 19.7. The van der Waals surface area contributed by atoms with E-state index < -0.39 is 23.9 Å². The molecule has 0 saturated carbocycles. The van der Waals surface area contributed by atoms with E-state index in [0.29, 0.717) is 5.56 Å². The van der Waals surface area contributed by atoms with Crippen LogP contribution in [0.25, 0.3) is 0 Å². The average molecular weight is 267 g/mol. The van der Waals surface area contributed by atoms with Gasteiger partial charge in [-0.2, -0.15) is 0 Å². The summed E-state index contributed by atoms with van der Waals surface area (Å²) in [7, 11) is 0. The normalized spacial score (nSPS) is 11.6. The Labute approximate surface area is 109 Å². The quantitative estimate of drug-likeness (QED) is 0.557. The first kappa shape index (κ1) is 14.7. The third-order valence-corrected chi connectivity index (χ3v) is 2.47. The van der Waals surface area contributed by atoms with E-state index in [-0.39, 0.29) is 12.8 Å². The van der Waals surface area contributed by atoms with Crippen LogP contribution in [0.3, 0.4) is 0 Å². The van der Waals surface area contributed by atoms with Gasteiger partial charge in [0.1, 0.15) is 11.7 Å². The average Bonchev–Trinajstić information content (AvgIpc) is 2.34. The van der Waals surface area contributed by atoms with Crippen LogP contribution in [0.5, 0.6) is 0 Å². The van der Waals surface area contributed by atoms with Crippen LogP contribution < -0.4 is 11.1 Å². The van der Waals surface area contributed by atoms with E-state index in [1.165, 1.54) is 12.1 Å². The number of carbonyl (C=O) groups is 3. The van der Waals surface area contributed by atoms with Crippen molar-refractivity contribution in [3.8, 4) is 0 Å². The van der Waals surface area contributed by atoms with Crippen molar-refractivity contribution < 1.29 is 30.3 Å². The SMILES string of the molecule is [NH3+]c1ccc(C(=O)NC(CCC(=O)O)C(=O)O)cc1. The van der Waals surface area contributed by atoms with Crippen molar-refractivity contribution in [2.45, 2.75) is 18.9 Å². The van der Waals surface area contributed by atoms with Gasteiger partial charge >= 0.3 is 11.9 Å². The van der Waals surface area contributed by atoms with Crippen molar-refractivity contribution in [1.29, 1.82) is 0 Å². The van der Waals surface area contributed by atoms with Crippen LogP contribution in [0, 0.1) is 0 Å². The minimum Gasteiger partial charge on any atom is -0.481 e. The minimum atomic E-state index is -1.26. The van der Waals surface area contributed by atoms with Crippen LogP contribution in [0.4, 0.5) is 5.69 Å². The molecule has 19 heavy (non-hydrogen) atoms. The molecule has 1 atom stereocenters. The number of aliphatic carboxylic acids is 2. The number of nitrogens with one attached hydrogen (secondary N) is 1. The Morgan fingerprint density at radius 3 is 2.21 bits per heavy atom. The molecule has 102 valence electrons. The van der Waals surface area contributed by atoms with E-state index in [4.69, 9.17) is 10.2 Å². The van der Waals surface area contributed by atoms with Gasteiger partial charge in [-0.1, -0.05) is 0 Å². The molecular weight excluding hydrogens is 252 g/mol. The van der Waals surface area contributed by atoms with E-state index in [1.54, 1.807) is 12.1 Å². The maximum atomic E-state index is 11.8. The molecule has 0 aliphatic heterocycles. The molecule has 1 rings (SSSR count). The Morgan fingerprint density at radius 2 is 1.74 bits per heavy atom. The second kappa shape index (κ2) is 6.50. The van der Waals surface area contributed by atoms with Crippen LogP contribution in [0.2, 0.25) is 0 Å². The van der Waals surface area contributed by atoms with E-state index >= 15 is 0 Å². The summed E-state index contributed by atoms with van der Waals surface area (Å²) in [6.07, 6.45) is -0.487. The van der Waals surface area contributed by atoms with Gasteiger partial charge in [0, 0.05) is 12.0 Å². The van der Waals surface area contributed by atoms with Crippen molar-refractivity contribution >= 4 is 23.5 Å². The van der Waals surface area contributed by atoms with Crippen molar-refractivity contribution in [1.82, 2.24) is 5.32 Å². The van der Waals surface area contributed by atoms with Crippen molar-refractivity contribution in [3.63, 3.8) is 0 Å². The zero-order chi connectivity index (χ0) is 14.4. The molecule has 1 aromatic rings. The fraction of sp³-hybridized carbons (Fsp3) is 0.250. The van der Waals surface area contributed by atoms with Crippen LogP contribution in [-0.4, -0.2) is 34.1 Å². The van der Waals surface area contributed by atoms with Crippen LogP contribution in [0.15, 0.2) is 24.3 Å². The molecule has 0 bridgehead atoms. The lowest BCUT2D eigenvalue weighted by atomic mass is 10.1.